The van der Waals surface area contributed by atoms with Gasteiger partial charge in [0.2, 0.25) is 5.91 Å². The van der Waals surface area contributed by atoms with Crippen molar-refractivity contribution in [3.63, 3.8) is 0 Å². The fourth-order valence-electron chi connectivity index (χ4n) is 11.4. The van der Waals surface area contributed by atoms with Crippen molar-refractivity contribution in [1.82, 2.24) is 5.32 Å². The minimum Gasteiger partial charge on any atom is -0.466 e. The van der Waals surface area contributed by atoms with Crippen molar-refractivity contribution in [1.29, 1.82) is 0 Å². The Morgan fingerprint density at radius 1 is 0.351 bits per heavy atom. The van der Waals surface area contributed by atoms with E-state index in [0.717, 1.165) is 44.9 Å². The fraction of sp³-hybridized carbons (Fsp3) is 0.944. The van der Waals surface area contributed by atoms with Crippen LogP contribution < -0.4 is 5.32 Å². The number of aliphatic hydroxyl groups excluding tert-OH is 2. The first-order valence-corrected chi connectivity index (χ1v) is 35.4. The Hall–Kier alpha value is -1.40. The van der Waals surface area contributed by atoms with Crippen LogP contribution in [0.2, 0.25) is 0 Å². The maximum Gasteiger partial charge on any atom is 0.305 e. The third-order valence-electron chi connectivity index (χ3n) is 16.8. The minimum atomic E-state index is -0.665. The van der Waals surface area contributed by atoms with Crippen LogP contribution in [0.4, 0.5) is 0 Å². The molecule has 0 aliphatic rings. The second-order valence-electron chi connectivity index (χ2n) is 24.6. The summed E-state index contributed by atoms with van der Waals surface area (Å²) >= 11 is 0. The number of nitrogens with one attached hydrogen (secondary N) is 1. The van der Waals surface area contributed by atoms with Gasteiger partial charge in [-0.25, -0.2) is 0 Å². The molecule has 0 aliphatic carbocycles. The first-order valence-electron chi connectivity index (χ1n) is 35.4. The van der Waals surface area contributed by atoms with Gasteiger partial charge in [0.1, 0.15) is 0 Å². The molecule has 0 rings (SSSR count). The van der Waals surface area contributed by atoms with E-state index in [1.54, 1.807) is 0 Å². The van der Waals surface area contributed by atoms with Gasteiger partial charge in [0.25, 0.3) is 0 Å². The van der Waals surface area contributed by atoms with Crippen LogP contribution in [0.1, 0.15) is 406 Å². The quantitative estimate of drug-likeness (QED) is 0.0320. The summed E-state index contributed by atoms with van der Waals surface area (Å²) in [4.78, 5) is 24.6. The fourth-order valence-corrected chi connectivity index (χ4v) is 11.4. The average molecular weight is 1090 g/mol. The first kappa shape index (κ1) is 75.6. The lowest BCUT2D eigenvalue weighted by Gasteiger charge is -2.22. The molecule has 6 nitrogen and oxygen atoms in total. The molecule has 0 aromatic carbocycles. The van der Waals surface area contributed by atoms with Crippen LogP contribution in [0.15, 0.2) is 12.2 Å². The average Bonchev–Trinajstić information content (AvgIpc) is 3.43. The van der Waals surface area contributed by atoms with Crippen LogP contribution >= 0.6 is 0 Å². The first-order chi connectivity index (χ1) is 38.0. The SMILES string of the molecule is CCCCCCCC/C=C\CCCCCCCCCC(=O)OCCCCCCCCCCCCCCCCCCCCCCCCC(=O)NC(CO)C(O)CCCCCCCCCCCCCCCCCCCCCCC. The number of rotatable bonds is 67. The second kappa shape index (κ2) is 67.1. The molecule has 0 spiro atoms. The van der Waals surface area contributed by atoms with Crippen LogP contribution in [0, 0.1) is 0 Å². The molecule has 0 aromatic heterocycles. The van der Waals surface area contributed by atoms with Gasteiger partial charge in [0.05, 0.1) is 25.4 Å². The Morgan fingerprint density at radius 2 is 0.610 bits per heavy atom. The Labute approximate surface area is 482 Å². The van der Waals surface area contributed by atoms with Crippen molar-refractivity contribution in [2.75, 3.05) is 13.2 Å². The van der Waals surface area contributed by atoms with E-state index in [9.17, 15) is 19.8 Å². The number of allylic oxidation sites excluding steroid dienone is 2. The normalized spacial score (nSPS) is 12.5. The van der Waals surface area contributed by atoms with Crippen molar-refractivity contribution in [3.8, 4) is 0 Å². The van der Waals surface area contributed by atoms with Gasteiger partial charge < -0.3 is 20.3 Å². The molecular formula is C71H139NO5. The van der Waals surface area contributed by atoms with Crippen LogP contribution in [-0.2, 0) is 14.3 Å². The summed E-state index contributed by atoms with van der Waals surface area (Å²) in [5.74, 6) is -0.0190. The second-order valence-corrected chi connectivity index (χ2v) is 24.6. The number of unbranched alkanes of at least 4 members (excludes halogenated alkanes) is 54. The standard InChI is InChI=1S/C71H139NO5/c1-3-5-7-9-11-13-15-17-19-21-22-25-28-32-35-39-43-47-51-55-59-63-69(74)68(67-73)72-70(75)64-60-56-52-48-44-40-36-33-29-26-23-24-27-30-34-38-42-46-50-54-58-62-66-77-71(76)65-61-57-53-49-45-41-37-31-20-18-16-14-12-10-8-6-4-2/h18,20,68-69,73-74H,3-17,19,21-67H2,1-2H3,(H,72,75)/b20-18-. The van der Waals surface area contributed by atoms with E-state index in [1.165, 1.54) is 327 Å². The van der Waals surface area contributed by atoms with E-state index in [2.05, 4.69) is 31.3 Å². The summed E-state index contributed by atoms with van der Waals surface area (Å²) in [6.07, 6.45) is 82.5. The van der Waals surface area contributed by atoms with Gasteiger partial charge >= 0.3 is 5.97 Å². The largest absolute Gasteiger partial charge is 0.466 e. The molecule has 0 bridgehead atoms. The zero-order valence-corrected chi connectivity index (χ0v) is 52.5. The molecule has 2 atom stereocenters. The highest BCUT2D eigenvalue weighted by atomic mass is 16.5. The van der Waals surface area contributed by atoms with Gasteiger partial charge in [-0.15, -0.1) is 0 Å². The molecule has 0 aliphatic heterocycles. The highest BCUT2D eigenvalue weighted by Crippen LogP contribution is 2.19. The van der Waals surface area contributed by atoms with E-state index >= 15 is 0 Å². The Kier molecular flexibility index (Phi) is 65.9. The van der Waals surface area contributed by atoms with Crippen molar-refractivity contribution < 1.29 is 24.5 Å². The molecule has 2 unspecified atom stereocenters. The van der Waals surface area contributed by atoms with Crippen molar-refractivity contribution in [2.24, 2.45) is 0 Å². The number of carbonyl (C=O) groups excluding carboxylic acids is 2. The number of ether oxygens (including phenoxy) is 1. The number of esters is 1. The predicted molar refractivity (Wildman–Crippen MR) is 338 cm³/mol. The molecular weight excluding hydrogens is 947 g/mol. The van der Waals surface area contributed by atoms with Gasteiger partial charge in [-0.05, 0) is 51.4 Å². The minimum absolute atomic E-state index is 0.0113. The summed E-state index contributed by atoms with van der Waals surface area (Å²) in [7, 11) is 0. The highest BCUT2D eigenvalue weighted by molar-refractivity contribution is 5.76. The van der Waals surface area contributed by atoms with E-state index in [-0.39, 0.29) is 18.5 Å². The van der Waals surface area contributed by atoms with Gasteiger partial charge in [0, 0.05) is 12.8 Å². The van der Waals surface area contributed by atoms with Gasteiger partial charge in [-0.3, -0.25) is 9.59 Å². The Bertz CT molecular complexity index is 1160. The van der Waals surface area contributed by atoms with Gasteiger partial charge in [-0.2, -0.15) is 0 Å². The zero-order valence-electron chi connectivity index (χ0n) is 52.5. The topological polar surface area (TPSA) is 95.9 Å². The van der Waals surface area contributed by atoms with E-state index < -0.39 is 12.1 Å². The predicted octanol–water partition coefficient (Wildman–Crippen LogP) is 22.8. The number of hydrogen-bond donors (Lipinski definition) is 3. The number of hydrogen-bond acceptors (Lipinski definition) is 5. The third-order valence-corrected chi connectivity index (χ3v) is 16.8. The van der Waals surface area contributed by atoms with Crippen LogP contribution in [0.3, 0.4) is 0 Å². The highest BCUT2D eigenvalue weighted by Gasteiger charge is 2.20. The maximum absolute atomic E-state index is 12.5. The number of aliphatic hydroxyl groups is 2. The van der Waals surface area contributed by atoms with Gasteiger partial charge in [-0.1, -0.05) is 353 Å². The number of amides is 1. The summed E-state index contributed by atoms with van der Waals surface area (Å²) in [6.45, 7) is 4.99. The van der Waals surface area contributed by atoms with E-state index in [0.29, 0.717) is 25.9 Å². The number of carbonyl (C=O) groups is 2. The molecule has 3 N–H and O–H groups in total. The maximum atomic E-state index is 12.5. The molecule has 6 heteroatoms. The smallest absolute Gasteiger partial charge is 0.305 e. The van der Waals surface area contributed by atoms with E-state index in [4.69, 9.17) is 4.74 Å². The van der Waals surface area contributed by atoms with Crippen molar-refractivity contribution in [2.45, 2.75) is 418 Å². The monoisotopic (exact) mass is 1090 g/mol. The Morgan fingerprint density at radius 3 is 0.922 bits per heavy atom. The van der Waals surface area contributed by atoms with Crippen LogP contribution in [-0.4, -0.2) is 47.4 Å². The zero-order chi connectivity index (χ0) is 55.7. The van der Waals surface area contributed by atoms with Crippen LogP contribution in [0.25, 0.3) is 0 Å². The summed E-state index contributed by atoms with van der Waals surface area (Å²) in [6, 6.07) is -0.542. The molecule has 77 heavy (non-hydrogen) atoms. The summed E-state index contributed by atoms with van der Waals surface area (Å²) in [5, 5.41) is 23.4. The van der Waals surface area contributed by atoms with Gasteiger partial charge in [0.15, 0.2) is 0 Å². The van der Waals surface area contributed by atoms with Crippen molar-refractivity contribution in [3.05, 3.63) is 12.2 Å². The molecule has 458 valence electrons. The summed E-state index contributed by atoms with van der Waals surface area (Å²) < 4.78 is 5.50. The third kappa shape index (κ3) is 63.6. The molecule has 1 amide bonds. The summed E-state index contributed by atoms with van der Waals surface area (Å²) in [5.41, 5.74) is 0. The molecule has 0 aromatic rings. The van der Waals surface area contributed by atoms with E-state index in [1.807, 2.05) is 0 Å². The molecule has 0 saturated heterocycles. The lowest BCUT2D eigenvalue weighted by Crippen LogP contribution is -2.45. The molecule has 0 saturated carbocycles. The lowest BCUT2D eigenvalue weighted by molar-refractivity contribution is -0.143. The molecule has 0 heterocycles. The lowest BCUT2D eigenvalue weighted by atomic mass is 10.0. The molecule has 0 radical (unpaired) electrons. The van der Waals surface area contributed by atoms with Crippen molar-refractivity contribution >= 4 is 11.9 Å². The van der Waals surface area contributed by atoms with Crippen LogP contribution in [0.5, 0.6) is 0 Å². The molecule has 0 fully saturated rings. The Balaban J connectivity index is 3.37.